The van der Waals surface area contributed by atoms with Gasteiger partial charge in [-0.2, -0.15) is 0 Å². The summed E-state index contributed by atoms with van der Waals surface area (Å²) in [6.45, 7) is 5.79. The van der Waals surface area contributed by atoms with Gasteiger partial charge >= 0.3 is 5.97 Å². The summed E-state index contributed by atoms with van der Waals surface area (Å²) in [5.41, 5.74) is 0.932. The number of para-hydroxylation sites is 1. The van der Waals surface area contributed by atoms with Crippen molar-refractivity contribution in [2.45, 2.75) is 27.2 Å². The third-order valence-corrected chi connectivity index (χ3v) is 2.49. The summed E-state index contributed by atoms with van der Waals surface area (Å²) in [4.78, 5) is 11.7. The molecule has 0 saturated heterocycles. The van der Waals surface area contributed by atoms with E-state index in [0.717, 1.165) is 12.0 Å². The largest absolute Gasteiger partial charge is 0.426 e. The van der Waals surface area contributed by atoms with Crippen molar-refractivity contribution in [2.24, 2.45) is 5.92 Å². The van der Waals surface area contributed by atoms with Crippen molar-refractivity contribution in [1.82, 2.24) is 0 Å². The fraction of sp³-hybridized carbons (Fsp3) is 0.357. The minimum atomic E-state index is -0.167. The lowest BCUT2D eigenvalue weighted by Gasteiger charge is -2.10. The molecule has 0 aromatic heterocycles. The molecule has 0 bridgehead atoms. The Labute approximate surface area is 96.9 Å². The van der Waals surface area contributed by atoms with Crippen molar-refractivity contribution < 1.29 is 9.53 Å². The van der Waals surface area contributed by atoms with Crippen LogP contribution in [0.3, 0.4) is 0 Å². The van der Waals surface area contributed by atoms with Gasteiger partial charge in [-0.25, -0.2) is 0 Å². The van der Waals surface area contributed by atoms with Crippen LogP contribution in [-0.2, 0) is 4.79 Å². The van der Waals surface area contributed by atoms with Crippen molar-refractivity contribution in [3.63, 3.8) is 0 Å². The number of hydrogen-bond donors (Lipinski definition) is 0. The highest BCUT2D eigenvalue weighted by Crippen LogP contribution is 2.21. The fourth-order valence-corrected chi connectivity index (χ4v) is 1.27. The second-order valence-corrected chi connectivity index (χ2v) is 3.77. The second-order valence-electron chi connectivity index (χ2n) is 3.77. The smallest absolute Gasteiger partial charge is 0.314 e. The van der Waals surface area contributed by atoms with E-state index in [1.807, 2.05) is 57.2 Å². The standard InChI is InChI=1S/C14H18O2/c1-4-8-12-9-6-7-10-13(12)16-14(15)11(3)5-2/h4,6-11H,5H2,1-3H3. The Kier molecular flexibility index (Phi) is 4.77. The van der Waals surface area contributed by atoms with Crippen LogP contribution in [-0.4, -0.2) is 5.97 Å². The highest BCUT2D eigenvalue weighted by atomic mass is 16.5. The highest BCUT2D eigenvalue weighted by molar-refractivity contribution is 5.76. The van der Waals surface area contributed by atoms with E-state index in [0.29, 0.717) is 5.75 Å². The van der Waals surface area contributed by atoms with Gasteiger partial charge in [0.15, 0.2) is 0 Å². The summed E-state index contributed by atoms with van der Waals surface area (Å²) >= 11 is 0. The average molecular weight is 218 g/mol. The maximum Gasteiger partial charge on any atom is 0.314 e. The number of allylic oxidation sites excluding steroid dienone is 1. The molecule has 86 valence electrons. The van der Waals surface area contributed by atoms with Crippen LogP contribution in [0.4, 0.5) is 0 Å². The van der Waals surface area contributed by atoms with Gasteiger partial charge in [-0.05, 0) is 19.4 Å². The predicted molar refractivity (Wildman–Crippen MR) is 66.2 cm³/mol. The van der Waals surface area contributed by atoms with Crippen LogP contribution in [0.1, 0.15) is 32.8 Å². The number of esters is 1. The number of benzene rings is 1. The molecule has 1 rings (SSSR count). The van der Waals surface area contributed by atoms with Gasteiger partial charge in [0.2, 0.25) is 0 Å². The SMILES string of the molecule is CC=Cc1ccccc1OC(=O)C(C)CC. The Hall–Kier alpha value is -1.57. The van der Waals surface area contributed by atoms with Crippen LogP contribution in [0.25, 0.3) is 6.08 Å². The fourth-order valence-electron chi connectivity index (χ4n) is 1.27. The zero-order valence-electron chi connectivity index (χ0n) is 10.1. The summed E-state index contributed by atoms with van der Waals surface area (Å²) in [6.07, 6.45) is 4.65. The first-order chi connectivity index (χ1) is 7.69. The van der Waals surface area contributed by atoms with Crippen molar-refractivity contribution in [2.75, 3.05) is 0 Å². The van der Waals surface area contributed by atoms with Gasteiger partial charge in [-0.1, -0.05) is 44.2 Å². The third-order valence-electron chi connectivity index (χ3n) is 2.49. The summed E-state index contributed by atoms with van der Waals surface area (Å²) in [5, 5.41) is 0. The molecular weight excluding hydrogens is 200 g/mol. The predicted octanol–water partition coefficient (Wildman–Crippen LogP) is 3.67. The van der Waals surface area contributed by atoms with E-state index in [9.17, 15) is 4.79 Å². The van der Waals surface area contributed by atoms with Crippen molar-refractivity contribution in [3.8, 4) is 5.75 Å². The van der Waals surface area contributed by atoms with Gasteiger partial charge in [0.1, 0.15) is 5.75 Å². The van der Waals surface area contributed by atoms with Crippen molar-refractivity contribution >= 4 is 12.0 Å². The van der Waals surface area contributed by atoms with Crippen LogP contribution < -0.4 is 4.74 Å². The first kappa shape index (κ1) is 12.5. The third kappa shape index (κ3) is 3.23. The van der Waals surface area contributed by atoms with E-state index in [1.54, 1.807) is 0 Å². The lowest BCUT2D eigenvalue weighted by Crippen LogP contribution is -2.17. The Morgan fingerprint density at radius 2 is 2.12 bits per heavy atom. The van der Waals surface area contributed by atoms with Gasteiger partial charge in [0, 0.05) is 5.56 Å². The molecule has 0 fully saturated rings. The molecule has 0 aliphatic carbocycles. The zero-order valence-corrected chi connectivity index (χ0v) is 10.1. The minimum Gasteiger partial charge on any atom is -0.426 e. The van der Waals surface area contributed by atoms with E-state index in [1.165, 1.54) is 0 Å². The van der Waals surface area contributed by atoms with Crippen LogP contribution >= 0.6 is 0 Å². The molecule has 2 heteroatoms. The van der Waals surface area contributed by atoms with Crippen LogP contribution in [0.2, 0.25) is 0 Å². The van der Waals surface area contributed by atoms with Gasteiger partial charge in [0.05, 0.1) is 5.92 Å². The van der Waals surface area contributed by atoms with E-state index in [4.69, 9.17) is 4.74 Å². The van der Waals surface area contributed by atoms with Crippen molar-refractivity contribution in [1.29, 1.82) is 0 Å². The molecule has 16 heavy (non-hydrogen) atoms. The van der Waals surface area contributed by atoms with Gasteiger partial charge in [-0.15, -0.1) is 0 Å². The molecule has 0 N–H and O–H groups in total. The Morgan fingerprint density at radius 1 is 1.44 bits per heavy atom. The van der Waals surface area contributed by atoms with Gasteiger partial charge in [-0.3, -0.25) is 4.79 Å². The Balaban J connectivity index is 2.84. The molecule has 0 saturated carbocycles. The maximum absolute atomic E-state index is 11.7. The number of hydrogen-bond acceptors (Lipinski definition) is 2. The average Bonchev–Trinajstić information content (AvgIpc) is 2.31. The van der Waals surface area contributed by atoms with E-state index >= 15 is 0 Å². The van der Waals surface area contributed by atoms with Crippen LogP contribution in [0.5, 0.6) is 5.75 Å². The molecule has 0 amide bonds. The van der Waals surface area contributed by atoms with E-state index in [2.05, 4.69) is 0 Å². The molecule has 1 aromatic carbocycles. The van der Waals surface area contributed by atoms with Crippen LogP contribution in [0, 0.1) is 5.92 Å². The Morgan fingerprint density at radius 3 is 2.75 bits per heavy atom. The molecule has 1 unspecified atom stereocenters. The topological polar surface area (TPSA) is 26.3 Å². The lowest BCUT2D eigenvalue weighted by molar-refractivity contribution is -0.138. The lowest BCUT2D eigenvalue weighted by atomic mass is 10.1. The number of ether oxygens (including phenoxy) is 1. The molecule has 0 spiro atoms. The van der Waals surface area contributed by atoms with Gasteiger partial charge < -0.3 is 4.74 Å². The number of carbonyl (C=O) groups excluding carboxylic acids is 1. The number of carbonyl (C=O) groups is 1. The summed E-state index contributed by atoms with van der Waals surface area (Å²) < 4.78 is 5.36. The maximum atomic E-state index is 11.7. The molecule has 0 radical (unpaired) electrons. The monoisotopic (exact) mass is 218 g/mol. The highest BCUT2D eigenvalue weighted by Gasteiger charge is 2.13. The molecule has 0 aliphatic rings. The quantitative estimate of drug-likeness (QED) is 0.569. The Bertz CT molecular complexity index is 380. The molecule has 1 aromatic rings. The normalized spacial score (nSPS) is 12.7. The molecule has 0 aliphatic heterocycles. The van der Waals surface area contributed by atoms with E-state index < -0.39 is 0 Å². The summed E-state index contributed by atoms with van der Waals surface area (Å²) in [5.74, 6) is 0.406. The molecule has 2 nitrogen and oxygen atoms in total. The molecular formula is C14H18O2. The van der Waals surface area contributed by atoms with Crippen LogP contribution in [0.15, 0.2) is 30.3 Å². The number of rotatable bonds is 4. The molecule has 0 heterocycles. The van der Waals surface area contributed by atoms with Crippen molar-refractivity contribution in [3.05, 3.63) is 35.9 Å². The molecule has 1 atom stereocenters. The van der Waals surface area contributed by atoms with E-state index in [-0.39, 0.29) is 11.9 Å². The summed E-state index contributed by atoms with van der Waals surface area (Å²) in [6, 6.07) is 7.54. The summed E-state index contributed by atoms with van der Waals surface area (Å²) in [7, 11) is 0. The van der Waals surface area contributed by atoms with Gasteiger partial charge in [0.25, 0.3) is 0 Å². The first-order valence-corrected chi connectivity index (χ1v) is 5.62. The minimum absolute atomic E-state index is 0.0568. The second kappa shape index (κ2) is 6.11. The zero-order chi connectivity index (χ0) is 12.0. The first-order valence-electron chi connectivity index (χ1n) is 5.62.